The third-order valence-corrected chi connectivity index (χ3v) is 3.30. The number of hydrazine groups is 1. The number of nitrogens with zero attached hydrogens (tertiary/aromatic N) is 1. The third kappa shape index (κ3) is 2.58. The van der Waals surface area contributed by atoms with Crippen LogP contribution in [0.15, 0.2) is 41.0 Å². The molecule has 0 aliphatic heterocycles. The Balaban J connectivity index is 2.49. The molecule has 0 saturated carbocycles. The summed E-state index contributed by atoms with van der Waals surface area (Å²) < 4.78 is 14.5. The summed E-state index contributed by atoms with van der Waals surface area (Å²) in [6.45, 7) is 1.95. The molecule has 0 bridgehead atoms. The summed E-state index contributed by atoms with van der Waals surface area (Å²) >= 11 is 3.17. The lowest BCUT2D eigenvalue weighted by Gasteiger charge is -2.17. The molecule has 2 aromatic rings. The van der Waals surface area contributed by atoms with E-state index in [2.05, 4.69) is 26.3 Å². The molecule has 1 atom stereocenters. The zero-order chi connectivity index (χ0) is 13.1. The van der Waals surface area contributed by atoms with Gasteiger partial charge in [-0.3, -0.25) is 10.8 Å². The Labute approximate surface area is 113 Å². The molecule has 94 valence electrons. The molecule has 0 fully saturated rings. The number of rotatable bonds is 3. The summed E-state index contributed by atoms with van der Waals surface area (Å²) in [5.41, 5.74) is 4.81. The van der Waals surface area contributed by atoms with Crippen LogP contribution in [0.2, 0.25) is 0 Å². The second kappa shape index (κ2) is 5.56. The van der Waals surface area contributed by atoms with Gasteiger partial charge in [-0.1, -0.05) is 12.1 Å². The van der Waals surface area contributed by atoms with Crippen LogP contribution in [0.3, 0.4) is 0 Å². The number of aryl methyl sites for hydroxylation is 1. The standard InChI is InChI=1S/C13H13BrFN3/c1-8-5-6-17-11(7-8)13(18-16)9-3-2-4-10(14)12(9)15/h2-7,13,18H,16H2,1H3. The van der Waals surface area contributed by atoms with Gasteiger partial charge in [0.1, 0.15) is 5.82 Å². The largest absolute Gasteiger partial charge is 0.271 e. The molecule has 3 N–H and O–H groups in total. The Bertz CT molecular complexity index is 560. The Morgan fingerprint density at radius 1 is 1.39 bits per heavy atom. The first-order valence-electron chi connectivity index (χ1n) is 5.46. The average Bonchev–Trinajstić information content (AvgIpc) is 2.35. The SMILES string of the molecule is Cc1ccnc(C(NN)c2cccc(Br)c2F)c1. The van der Waals surface area contributed by atoms with Gasteiger partial charge in [-0.15, -0.1) is 0 Å². The van der Waals surface area contributed by atoms with Crippen LogP contribution in [0.25, 0.3) is 0 Å². The van der Waals surface area contributed by atoms with Crippen molar-refractivity contribution in [2.75, 3.05) is 0 Å². The van der Waals surface area contributed by atoms with Crippen LogP contribution in [0.1, 0.15) is 22.9 Å². The van der Waals surface area contributed by atoms with Crippen LogP contribution in [-0.4, -0.2) is 4.98 Å². The smallest absolute Gasteiger partial charge is 0.142 e. The van der Waals surface area contributed by atoms with Crippen LogP contribution < -0.4 is 11.3 Å². The third-order valence-electron chi connectivity index (χ3n) is 2.69. The molecule has 0 spiro atoms. The number of halogens is 2. The van der Waals surface area contributed by atoms with Gasteiger partial charge < -0.3 is 0 Å². The fraction of sp³-hybridized carbons (Fsp3) is 0.154. The number of benzene rings is 1. The van der Waals surface area contributed by atoms with E-state index in [1.165, 1.54) is 0 Å². The molecular weight excluding hydrogens is 297 g/mol. The highest BCUT2D eigenvalue weighted by Gasteiger charge is 2.19. The maximum absolute atomic E-state index is 14.1. The van der Waals surface area contributed by atoms with Crippen LogP contribution in [0, 0.1) is 12.7 Å². The van der Waals surface area contributed by atoms with Crippen LogP contribution >= 0.6 is 15.9 Å². The quantitative estimate of drug-likeness (QED) is 0.677. The molecule has 0 aliphatic rings. The molecule has 1 aromatic carbocycles. The summed E-state index contributed by atoms with van der Waals surface area (Å²) in [5, 5.41) is 0. The second-order valence-electron chi connectivity index (χ2n) is 4.00. The van der Waals surface area contributed by atoms with E-state index in [1.54, 1.807) is 24.4 Å². The van der Waals surface area contributed by atoms with Crippen LogP contribution in [-0.2, 0) is 0 Å². The Hall–Kier alpha value is -1.30. The minimum Gasteiger partial charge on any atom is -0.271 e. The fourth-order valence-electron chi connectivity index (χ4n) is 1.80. The lowest BCUT2D eigenvalue weighted by molar-refractivity contribution is 0.549. The van der Waals surface area contributed by atoms with Crippen molar-refractivity contribution in [2.24, 2.45) is 5.84 Å². The van der Waals surface area contributed by atoms with Gasteiger partial charge in [0.2, 0.25) is 0 Å². The van der Waals surface area contributed by atoms with E-state index in [0.29, 0.717) is 15.7 Å². The topological polar surface area (TPSA) is 50.9 Å². The maximum atomic E-state index is 14.1. The van der Waals surface area contributed by atoms with E-state index in [-0.39, 0.29) is 5.82 Å². The molecule has 1 aromatic heterocycles. The molecule has 0 amide bonds. The minimum absolute atomic E-state index is 0.330. The number of nitrogens with one attached hydrogen (secondary N) is 1. The van der Waals surface area contributed by atoms with E-state index in [9.17, 15) is 4.39 Å². The highest BCUT2D eigenvalue weighted by atomic mass is 79.9. The van der Waals surface area contributed by atoms with Gasteiger partial charge in [0.25, 0.3) is 0 Å². The Morgan fingerprint density at radius 3 is 2.83 bits per heavy atom. The van der Waals surface area contributed by atoms with Crippen molar-refractivity contribution in [3.63, 3.8) is 0 Å². The average molecular weight is 310 g/mol. The molecule has 1 unspecified atom stereocenters. The lowest BCUT2D eigenvalue weighted by Crippen LogP contribution is -2.30. The molecule has 5 heteroatoms. The summed E-state index contributed by atoms with van der Waals surface area (Å²) in [4.78, 5) is 4.23. The second-order valence-corrected chi connectivity index (χ2v) is 4.86. The predicted octanol–water partition coefficient (Wildman–Crippen LogP) is 2.84. The van der Waals surface area contributed by atoms with Crippen molar-refractivity contribution >= 4 is 15.9 Å². The summed E-state index contributed by atoms with van der Waals surface area (Å²) in [6.07, 6.45) is 1.69. The Morgan fingerprint density at radius 2 is 2.17 bits per heavy atom. The molecule has 1 heterocycles. The summed E-state index contributed by atoms with van der Waals surface area (Å²) in [6, 6.07) is 8.40. The molecule has 3 nitrogen and oxygen atoms in total. The van der Waals surface area contributed by atoms with Crippen molar-refractivity contribution in [3.05, 3.63) is 63.6 Å². The van der Waals surface area contributed by atoms with Gasteiger partial charge in [0, 0.05) is 11.8 Å². The van der Waals surface area contributed by atoms with Gasteiger partial charge in [-0.2, -0.15) is 0 Å². The molecular formula is C13H13BrFN3. The van der Waals surface area contributed by atoms with Crippen molar-refractivity contribution in [1.82, 2.24) is 10.4 Å². The van der Waals surface area contributed by atoms with Crippen LogP contribution in [0.4, 0.5) is 4.39 Å². The normalized spacial score (nSPS) is 12.4. The molecule has 0 aliphatic carbocycles. The minimum atomic E-state index is -0.470. The number of pyridine rings is 1. The van der Waals surface area contributed by atoms with Crippen molar-refractivity contribution in [3.8, 4) is 0 Å². The van der Waals surface area contributed by atoms with Crippen molar-refractivity contribution < 1.29 is 4.39 Å². The molecule has 0 radical (unpaired) electrons. The van der Waals surface area contributed by atoms with Crippen molar-refractivity contribution in [1.29, 1.82) is 0 Å². The predicted molar refractivity (Wildman–Crippen MR) is 72.2 cm³/mol. The highest BCUT2D eigenvalue weighted by Crippen LogP contribution is 2.27. The highest BCUT2D eigenvalue weighted by molar-refractivity contribution is 9.10. The number of nitrogens with two attached hydrogens (primary N) is 1. The first-order chi connectivity index (χ1) is 8.63. The molecule has 2 rings (SSSR count). The van der Waals surface area contributed by atoms with E-state index in [4.69, 9.17) is 5.84 Å². The first kappa shape index (κ1) is 13.1. The van der Waals surface area contributed by atoms with Gasteiger partial charge in [0.15, 0.2) is 0 Å². The van der Waals surface area contributed by atoms with Gasteiger partial charge in [0.05, 0.1) is 16.2 Å². The maximum Gasteiger partial charge on any atom is 0.142 e. The number of hydrogen-bond donors (Lipinski definition) is 2. The zero-order valence-corrected chi connectivity index (χ0v) is 11.4. The molecule has 18 heavy (non-hydrogen) atoms. The van der Waals surface area contributed by atoms with E-state index < -0.39 is 6.04 Å². The van der Waals surface area contributed by atoms with Gasteiger partial charge >= 0.3 is 0 Å². The number of hydrogen-bond acceptors (Lipinski definition) is 3. The van der Waals surface area contributed by atoms with Gasteiger partial charge in [-0.05, 0) is 46.6 Å². The van der Waals surface area contributed by atoms with Crippen molar-refractivity contribution in [2.45, 2.75) is 13.0 Å². The van der Waals surface area contributed by atoms with E-state index in [0.717, 1.165) is 5.56 Å². The zero-order valence-electron chi connectivity index (χ0n) is 9.82. The summed E-state index contributed by atoms with van der Waals surface area (Å²) in [7, 11) is 0. The lowest BCUT2D eigenvalue weighted by atomic mass is 10.0. The summed E-state index contributed by atoms with van der Waals surface area (Å²) in [5.74, 6) is 5.20. The number of aromatic nitrogens is 1. The fourth-order valence-corrected chi connectivity index (χ4v) is 2.18. The Kier molecular flexibility index (Phi) is 4.06. The monoisotopic (exact) mass is 309 g/mol. The van der Waals surface area contributed by atoms with E-state index in [1.807, 2.05) is 19.1 Å². The molecule has 0 saturated heterocycles. The van der Waals surface area contributed by atoms with Gasteiger partial charge in [-0.25, -0.2) is 9.82 Å². The first-order valence-corrected chi connectivity index (χ1v) is 6.25. The van der Waals surface area contributed by atoms with E-state index >= 15 is 0 Å². The van der Waals surface area contributed by atoms with Crippen LogP contribution in [0.5, 0.6) is 0 Å².